The van der Waals surface area contributed by atoms with E-state index in [0.717, 1.165) is 5.56 Å². The topological polar surface area (TPSA) is 0 Å². The maximum Gasteiger partial charge on any atom is 0.135 e. The van der Waals surface area contributed by atoms with E-state index in [0.29, 0.717) is 0 Å². The number of rotatable bonds is 4. The summed E-state index contributed by atoms with van der Waals surface area (Å²) in [6, 6.07) is 9.16. The molecule has 0 aliphatic heterocycles. The summed E-state index contributed by atoms with van der Waals surface area (Å²) in [7, 11) is 0. The monoisotopic (exact) mass is 184 g/mol. The van der Waals surface area contributed by atoms with Gasteiger partial charge in [-0.3, -0.25) is 0 Å². The van der Waals surface area contributed by atoms with Gasteiger partial charge in [0.2, 0.25) is 0 Å². The van der Waals surface area contributed by atoms with E-state index >= 15 is 0 Å². The summed E-state index contributed by atoms with van der Waals surface area (Å²) < 4.78 is 25.9. The molecule has 0 spiro atoms. The van der Waals surface area contributed by atoms with Gasteiger partial charge in [0.25, 0.3) is 0 Å². The maximum absolute atomic E-state index is 13.1. The van der Waals surface area contributed by atoms with Crippen LogP contribution in [0.4, 0.5) is 8.78 Å². The predicted molar refractivity (Wildman–Crippen MR) is 50.2 cm³/mol. The Balaban J connectivity index is 2.50. The first-order chi connectivity index (χ1) is 6.24. The van der Waals surface area contributed by atoms with Gasteiger partial charge in [0.15, 0.2) is 0 Å². The van der Waals surface area contributed by atoms with E-state index in [1.54, 1.807) is 6.92 Å². The first kappa shape index (κ1) is 10.2. The molecule has 2 unspecified atom stereocenters. The van der Waals surface area contributed by atoms with E-state index in [1.165, 1.54) is 0 Å². The summed E-state index contributed by atoms with van der Waals surface area (Å²) in [5, 5.41) is 0. The lowest BCUT2D eigenvalue weighted by Crippen LogP contribution is -2.18. The predicted octanol–water partition coefficient (Wildman–Crippen LogP) is 3.32. The minimum absolute atomic E-state index is 0.176. The highest BCUT2D eigenvalue weighted by atomic mass is 19.2. The smallest absolute Gasteiger partial charge is 0.135 e. The zero-order valence-electron chi connectivity index (χ0n) is 7.71. The van der Waals surface area contributed by atoms with Crippen molar-refractivity contribution in [2.75, 3.05) is 0 Å². The number of benzene rings is 1. The van der Waals surface area contributed by atoms with Crippen LogP contribution in [-0.4, -0.2) is 12.3 Å². The van der Waals surface area contributed by atoms with Crippen LogP contribution in [0.3, 0.4) is 0 Å². The summed E-state index contributed by atoms with van der Waals surface area (Å²) >= 11 is 0. The van der Waals surface area contributed by atoms with Gasteiger partial charge in [0.05, 0.1) is 0 Å². The van der Waals surface area contributed by atoms with E-state index in [1.807, 2.05) is 30.3 Å². The van der Waals surface area contributed by atoms with E-state index in [9.17, 15) is 8.78 Å². The van der Waals surface area contributed by atoms with Gasteiger partial charge in [-0.15, -0.1) is 0 Å². The molecule has 1 aromatic rings. The van der Waals surface area contributed by atoms with E-state index in [4.69, 9.17) is 0 Å². The Bertz CT molecular complexity index is 233. The van der Waals surface area contributed by atoms with Gasteiger partial charge in [-0.25, -0.2) is 8.78 Å². The van der Waals surface area contributed by atoms with Crippen molar-refractivity contribution in [3.63, 3.8) is 0 Å². The Morgan fingerprint density at radius 1 is 1.08 bits per heavy atom. The van der Waals surface area contributed by atoms with E-state index < -0.39 is 12.3 Å². The SMILES string of the molecule is CCC(F)C(F)Cc1ccccc1. The van der Waals surface area contributed by atoms with Crippen molar-refractivity contribution in [2.45, 2.75) is 32.1 Å². The van der Waals surface area contributed by atoms with Crippen molar-refractivity contribution >= 4 is 0 Å². The van der Waals surface area contributed by atoms with Crippen LogP contribution in [0.25, 0.3) is 0 Å². The molecular formula is C11H14F2. The second-order valence-electron chi connectivity index (χ2n) is 3.13. The zero-order valence-corrected chi connectivity index (χ0v) is 7.71. The molecule has 13 heavy (non-hydrogen) atoms. The molecule has 0 fully saturated rings. The van der Waals surface area contributed by atoms with Crippen LogP contribution < -0.4 is 0 Å². The molecule has 0 saturated heterocycles. The van der Waals surface area contributed by atoms with Crippen molar-refractivity contribution in [1.82, 2.24) is 0 Å². The normalized spacial score (nSPS) is 15.3. The Morgan fingerprint density at radius 2 is 1.69 bits per heavy atom. The Hall–Kier alpha value is -0.920. The third-order valence-electron chi connectivity index (χ3n) is 2.06. The minimum atomic E-state index is -1.37. The average molecular weight is 184 g/mol. The molecule has 0 bridgehead atoms. The van der Waals surface area contributed by atoms with Crippen molar-refractivity contribution < 1.29 is 8.78 Å². The molecule has 1 aromatic carbocycles. The number of alkyl halides is 2. The molecule has 0 nitrogen and oxygen atoms in total. The quantitative estimate of drug-likeness (QED) is 0.673. The van der Waals surface area contributed by atoms with E-state index in [-0.39, 0.29) is 12.8 Å². The van der Waals surface area contributed by atoms with Crippen LogP contribution in [0.2, 0.25) is 0 Å². The van der Waals surface area contributed by atoms with Crippen molar-refractivity contribution in [3.05, 3.63) is 35.9 Å². The molecule has 0 N–H and O–H groups in total. The van der Waals surface area contributed by atoms with E-state index in [2.05, 4.69) is 0 Å². The van der Waals surface area contributed by atoms with Crippen molar-refractivity contribution in [1.29, 1.82) is 0 Å². The second kappa shape index (κ2) is 4.95. The first-order valence-electron chi connectivity index (χ1n) is 4.56. The van der Waals surface area contributed by atoms with Gasteiger partial charge in [0.1, 0.15) is 12.3 Å². The van der Waals surface area contributed by atoms with Gasteiger partial charge >= 0.3 is 0 Å². The molecule has 2 atom stereocenters. The fourth-order valence-electron chi connectivity index (χ4n) is 1.22. The number of halogens is 2. The number of hydrogen-bond donors (Lipinski definition) is 0. The largest absolute Gasteiger partial charge is 0.244 e. The fourth-order valence-corrected chi connectivity index (χ4v) is 1.22. The van der Waals surface area contributed by atoms with Gasteiger partial charge in [0, 0.05) is 6.42 Å². The van der Waals surface area contributed by atoms with Crippen LogP contribution >= 0.6 is 0 Å². The third kappa shape index (κ3) is 3.13. The van der Waals surface area contributed by atoms with Crippen LogP contribution in [0.1, 0.15) is 18.9 Å². The zero-order chi connectivity index (χ0) is 9.68. The summed E-state index contributed by atoms with van der Waals surface area (Å²) in [6.07, 6.45) is -2.28. The summed E-state index contributed by atoms with van der Waals surface area (Å²) in [6.45, 7) is 1.66. The molecule has 72 valence electrons. The molecule has 1 rings (SSSR count). The summed E-state index contributed by atoms with van der Waals surface area (Å²) in [4.78, 5) is 0. The lowest BCUT2D eigenvalue weighted by molar-refractivity contribution is 0.162. The molecule has 0 amide bonds. The van der Waals surface area contributed by atoms with Crippen LogP contribution in [0.5, 0.6) is 0 Å². The van der Waals surface area contributed by atoms with Crippen molar-refractivity contribution in [3.8, 4) is 0 Å². The Morgan fingerprint density at radius 3 is 2.23 bits per heavy atom. The lowest BCUT2D eigenvalue weighted by Gasteiger charge is -2.11. The molecule has 0 aliphatic rings. The molecule has 0 aliphatic carbocycles. The maximum atomic E-state index is 13.1. The first-order valence-corrected chi connectivity index (χ1v) is 4.56. The Labute approximate surface area is 77.6 Å². The third-order valence-corrected chi connectivity index (χ3v) is 2.06. The van der Waals surface area contributed by atoms with Gasteiger partial charge in [-0.05, 0) is 12.0 Å². The summed E-state index contributed by atoms with van der Waals surface area (Å²) in [5.41, 5.74) is 0.853. The number of hydrogen-bond acceptors (Lipinski definition) is 0. The standard InChI is InChI=1S/C11H14F2/c1-2-10(12)11(13)8-9-6-4-3-5-7-9/h3-7,10-11H,2,8H2,1H3. The molecule has 0 saturated carbocycles. The lowest BCUT2D eigenvalue weighted by atomic mass is 10.0. The van der Waals surface area contributed by atoms with Gasteiger partial charge in [-0.2, -0.15) is 0 Å². The highest BCUT2D eigenvalue weighted by Gasteiger charge is 2.18. The van der Waals surface area contributed by atoms with Crippen LogP contribution in [0, 0.1) is 0 Å². The second-order valence-corrected chi connectivity index (χ2v) is 3.13. The van der Waals surface area contributed by atoms with Gasteiger partial charge < -0.3 is 0 Å². The highest BCUT2D eigenvalue weighted by Crippen LogP contribution is 2.13. The Kier molecular flexibility index (Phi) is 3.87. The molecule has 0 heterocycles. The minimum Gasteiger partial charge on any atom is -0.244 e. The molecule has 0 radical (unpaired) electrons. The van der Waals surface area contributed by atoms with Crippen LogP contribution in [0.15, 0.2) is 30.3 Å². The van der Waals surface area contributed by atoms with Gasteiger partial charge in [-0.1, -0.05) is 37.3 Å². The molecule has 0 aromatic heterocycles. The van der Waals surface area contributed by atoms with Crippen LogP contribution in [-0.2, 0) is 6.42 Å². The fraction of sp³-hybridized carbons (Fsp3) is 0.455. The van der Waals surface area contributed by atoms with Crippen molar-refractivity contribution in [2.24, 2.45) is 0 Å². The molecular weight excluding hydrogens is 170 g/mol. The summed E-state index contributed by atoms with van der Waals surface area (Å²) in [5.74, 6) is 0. The highest BCUT2D eigenvalue weighted by molar-refractivity contribution is 5.15. The average Bonchev–Trinajstić information content (AvgIpc) is 2.18. The molecule has 2 heteroatoms.